The third kappa shape index (κ3) is 2.21. The van der Waals surface area contributed by atoms with Gasteiger partial charge in [-0.05, 0) is 19.5 Å². The van der Waals surface area contributed by atoms with E-state index in [2.05, 4.69) is 25.7 Å². The van der Waals surface area contributed by atoms with Gasteiger partial charge in [-0.25, -0.2) is 0 Å². The number of carbonyl (C=O) groups is 1. The zero-order valence-electron chi connectivity index (χ0n) is 8.75. The van der Waals surface area contributed by atoms with Crippen molar-refractivity contribution in [3.05, 3.63) is 0 Å². The van der Waals surface area contributed by atoms with Crippen LogP contribution in [0.3, 0.4) is 0 Å². The number of hydrogen-bond acceptors (Lipinski definition) is 3. The molecule has 0 bridgehead atoms. The van der Waals surface area contributed by atoms with Crippen LogP contribution >= 0.6 is 0 Å². The minimum absolute atomic E-state index is 0.0138. The highest BCUT2D eigenvalue weighted by Gasteiger charge is 2.36. The molecular formula is C10H19NO2. The molecule has 76 valence electrons. The SMILES string of the molecule is CCC1CC(N(CC)CC)C(=O)O1. The smallest absolute Gasteiger partial charge is 0.323 e. The van der Waals surface area contributed by atoms with Crippen molar-refractivity contribution >= 4 is 5.97 Å². The number of likely N-dealkylation sites (N-methyl/N-ethyl adjacent to an activating group) is 1. The van der Waals surface area contributed by atoms with Gasteiger partial charge in [-0.3, -0.25) is 9.69 Å². The number of esters is 1. The van der Waals surface area contributed by atoms with Crippen molar-refractivity contribution < 1.29 is 9.53 Å². The second-order valence-corrected chi connectivity index (χ2v) is 3.44. The van der Waals surface area contributed by atoms with Gasteiger partial charge in [-0.2, -0.15) is 0 Å². The summed E-state index contributed by atoms with van der Waals surface area (Å²) in [6.07, 6.45) is 1.96. The molecule has 0 spiro atoms. The van der Waals surface area contributed by atoms with E-state index >= 15 is 0 Å². The zero-order chi connectivity index (χ0) is 9.84. The van der Waals surface area contributed by atoms with Crippen LogP contribution in [0.5, 0.6) is 0 Å². The standard InChI is InChI=1S/C10H19NO2/c1-4-8-7-9(10(12)13-8)11(5-2)6-3/h8-9H,4-7H2,1-3H3. The van der Waals surface area contributed by atoms with E-state index in [-0.39, 0.29) is 18.1 Å². The van der Waals surface area contributed by atoms with Crippen molar-refractivity contribution in [2.24, 2.45) is 0 Å². The van der Waals surface area contributed by atoms with Crippen LogP contribution in [-0.4, -0.2) is 36.1 Å². The Morgan fingerprint density at radius 2 is 2.00 bits per heavy atom. The van der Waals surface area contributed by atoms with Gasteiger partial charge in [0.2, 0.25) is 0 Å². The Bertz CT molecular complexity index is 178. The van der Waals surface area contributed by atoms with Gasteiger partial charge in [0.05, 0.1) is 0 Å². The van der Waals surface area contributed by atoms with E-state index < -0.39 is 0 Å². The molecular weight excluding hydrogens is 166 g/mol. The summed E-state index contributed by atoms with van der Waals surface area (Å²) in [5.74, 6) is -0.0319. The number of nitrogens with zero attached hydrogens (tertiary/aromatic N) is 1. The molecule has 0 aromatic carbocycles. The van der Waals surface area contributed by atoms with E-state index in [4.69, 9.17) is 4.74 Å². The van der Waals surface area contributed by atoms with Gasteiger partial charge in [0, 0.05) is 6.42 Å². The first-order chi connectivity index (χ1) is 6.22. The van der Waals surface area contributed by atoms with E-state index in [1.54, 1.807) is 0 Å². The topological polar surface area (TPSA) is 29.5 Å². The Hall–Kier alpha value is -0.570. The Morgan fingerprint density at radius 3 is 2.38 bits per heavy atom. The van der Waals surface area contributed by atoms with Gasteiger partial charge in [0.1, 0.15) is 12.1 Å². The molecule has 1 aliphatic heterocycles. The van der Waals surface area contributed by atoms with Crippen molar-refractivity contribution in [2.45, 2.75) is 45.8 Å². The van der Waals surface area contributed by atoms with Gasteiger partial charge in [0.25, 0.3) is 0 Å². The second-order valence-electron chi connectivity index (χ2n) is 3.44. The largest absolute Gasteiger partial charge is 0.461 e. The van der Waals surface area contributed by atoms with E-state index in [1.807, 2.05) is 0 Å². The predicted molar refractivity (Wildman–Crippen MR) is 51.5 cm³/mol. The Kier molecular flexibility index (Phi) is 3.72. The molecule has 0 aliphatic carbocycles. The molecule has 3 heteroatoms. The fraction of sp³-hybridized carbons (Fsp3) is 0.900. The molecule has 2 atom stereocenters. The average Bonchev–Trinajstić information content (AvgIpc) is 2.50. The molecule has 0 N–H and O–H groups in total. The zero-order valence-corrected chi connectivity index (χ0v) is 8.75. The summed E-state index contributed by atoms with van der Waals surface area (Å²) in [5.41, 5.74) is 0. The Balaban J connectivity index is 2.55. The summed E-state index contributed by atoms with van der Waals surface area (Å²) < 4.78 is 5.23. The summed E-state index contributed by atoms with van der Waals surface area (Å²) >= 11 is 0. The number of hydrogen-bond donors (Lipinski definition) is 0. The number of rotatable bonds is 4. The van der Waals surface area contributed by atoms with E-state index in [1.165, 1.54) is 0 Å². The summed E-state index contributed by atoms with van der Waals surface area (Å²) in [4.78, 5) is 13.6. The van der Waals surface area contributed by atoms with Crippen molar-refractivity contribution in [1.82, 2.24) is 4.90 Å². The van der Waals surface area contributed by atoms with Crippen LogP contribution in [-0.2, 0) is 9.53 Å². The van der Waals surface area contributed by atoms with E-state index in [0.717, 1.165) is 25.9 Å². The third-order valence-corrected chi connectivity index (χ3v) is 2.75. The molecule has 1 heterocycles. The molecule has 0 radical (unpaired) electrons. The molecule has 0 aromatic heterocycles. The second kappa shape index (κ2) is 4.61. The highest BCUT2D eigenvalue weighted by molar-refractivity contribution is 5.78. The van der Waals surface area contributed by atoms with Gasteiger partial charge in [-0.1, -0.05) is 20.8 Å². The lowest BCUT2D eigenvalue weighted by atomic mass is 10.1. The van der Waals surface area contributed by atoms with Gasteiger partial charge < -0.3 is 4.74 Å². The van der Waals surface area contributed by atoms with Crippen molar-refractivity contribution in [2.75, 3.05) is 13.1 Å². The number of cyclic esters (lactones) is 1. The maximum absolute atomic E-state index is 11.4. The lowest BCUT2D eigenvalue weighted by Crippen LogP contribution is -2.38. The normalized spacial score (nSPS) is 28.2. The van der Waals surface area contributed by atoms with Gasteiger partial charge in [-0.15, -0.1) is 0 Å². The van der Waals surface area contributed by atoms with Gasteiger partial charge in [0.15, 0.2) is 0 Å². The molecule has 1 fully saturated rings. The average molecular weight is 185 g/mol. The molecule has 1 rings (SSSR count). The van der Waals surface area contributed by atoms with Crippen molar-refractivity contribution in [3.63, 3.8) is 0 Å². The third-order valence-electron chi connectivity index (χ3n) is 2.75. The lowest BCUT2D eigenvalue weighted by Gasteiger charge is -2.22. The van der Waals surface area contributed by atoms with Crippen molar-refractivity contribution in [1.29, 1.82) is 0 Å². The van der Waals surface area contributed by atoms with Crippen LogP contribution in [0.25, 0.3) is 0 Å². The van der Waals surface area contributed by atoms with Crippen LogP contribution in [0.1, 0.15) is 33.6 Å². The number of ether oxygens (including phenoxy) is 1. The quantitative estimate of drug-likeness (QED) is 0.620. The fourth-order valence-corrected chi connectivity index (χ4v) is 1.85. The Labute approximate surface area is 80.1 Å². The highest BCUT2D eigenvalue weighted by Crippen LogP contribution is 2.21. The summed E-state index contributed by atoms with van der Waals surface area (Å²) in [6, 6.07) is 0.0138. The first-order valence-electron chi connectivity index (χ1n) is 5.17. The lowest BCUT2D eigenvalue weighted by molar-refractivity contribution is -0.145. The maximum atomic E-state index is 11.4. The van der Waals surface area contributed by atoms with Crippen LogP contribution in [0.4, 0.5) is 0 Å². The van der Waals surface area contributed by atoms with Crippen LogP contribution in [0, 0.1) is 0 Å². The molecule has 0 aromatic rings. The first kappa shape index (κ1) is 10.5. The van der Waals surface area contributed by atoms with Crippen molar-refractivity contribution in [3.8, 4) is 0 Å². The molecule has 3 nitrogen and oxygen atoms in total. The summed E-state index contributed by atoms with van der Waals surface area (Å²) in [5, 5.41) is 0. The van der Waals surface area contributed by atoms with Gasteiger partial charge >= 0.3 is 5.97 Å². The van der Waals surface area contributed by atoms with Crippen LogP contribution in [0.2, 0.25) is 0 Å². The monoisotopic (exact) mass is 185 g/mol. The number of carbonyl (C=O) groups excluding carboxylic acids is 1. The summed E-state index contributed by atoms with van der Waals surface area (Å²) in [7, 11) is 0. The molecule has 0 saturated carbocycles. The van der Waals surface area contributed by atoms with E-state index in [9.17, 15) is 4.79 Å². The van der Waals surface area contributed by atoms with Crippen LogP contribution in [0.15, 0.2) is 0 Å². The molecule has 1 aliphatic rings. The minimum Gasteiger partial charge on any atom is -0.461 e. The predicted octanol–water partition coefficient (Wildman–Crippen LogP) is 1.42. The molecule has 2 unspecified atom stereocenters. The van der Waals surface area contributed by atoms with Crippen LogP contribution < -0.4 is 0 Å². The minimum atomic E-state index is -0.0319. The van der Waals surface area contributed by atoms with E-state index in [0.29, 0.717) is 0 Å². The molecule has 13 heavy (non-hydrogen) atoms. The molecule has 0 amide bonds. The molecule has 1 saturated heterocycles. The fourth-order valence-electron chi connectivity index (χ4n) is 1.85. The Morgan fingerprint density at radius 1 is 1.38 bits per heavy atom. The first-order valence-corrected chi connectivity index (χ1v) is 5.17. The maximum Gasteiger partial charge on any atom is 0.323 e. The summed E-state index contributed by atoms with van der Waals surface area (Å²) in [6.45, 7) is 8.06. The highest BCUT2D eigenvalue weighted by atomic mass is 16.6.